The average molecular weight is 761 g/mol. The molecule has 13 heteroatoms. The molecule has 13 nitrogen and oxygen atoms in total. The van der Waals surface area contributed by atoms with Gasteiger partial charge in [-0.25, -0.2) is 19.2 Å². The molecule has 1 aromatic carbocycles. The van der Waals surface area contributed by atoms with E-state index in [1.165, 1.54) is 30.3 Å². The summed E-state index contributed by atoms with van der Waals surface area (Å²) in [5.74, 6) is -7.20. The fourth-order valence-electron chi connectivity index (χ4n) is 5.94. The van der Waals surface area contributed by atoms with Crippen LogP contribution in [0.5, 0.6) is 0 Å². The molecule has 0 heterocycles. The summed E-state index contributed by atoms with van der Waals surface area (Å²) >= 11 is 0. The Kier molecular flexibility index (Phi) is 16.8. The first kappa shape index (κ1) is 46.2. The number of benzene rings is 1. The number of carbonyl (C=O) groups is 5. The van der Waals surface area contributed by atoms with E-state index >= 15 is 0 Å². The van der Waals surface area contributed by atoms with E-state index in [2.05, 4.69) is 0 Å². The van der Waals surface area contributed by atoms with Crippen molar-refractivity contribution in [1.82, 2.24) is 0 Å². The van der Waals surface area contributed by atoms with E-state index in [-0.39, 0.29) is 16.7 Å². The van der Waals surface area contributed by atoms with Gasteiger partial charge < -0.3 is 0 Å². The number of hydrogen-bond acceptors (Lipinski definition) is 13. The number of allylic oxidation sites excluding steroid dienone is 2. The van der Waals surface area contributed by atoms with Crippen LogP contribution < -0.4 is 0 Å². The van der Waals surface area contributed by atoms with E-state index in [4.69, 9.17) is 39.1 Å². The molecule has 0 aromatic heterocycles. The lowest BCUT2D eigenvalue weighted by atomic mass is 9.70. The molecule has 0 fully saturated rings. The van der Waals surface area contributed by atoms with Crippen LogP contribution in [-0.4, -0.2) is 52.1 Å². The molecule has 0 amide bonds. The van der Waals surface area contributed by atoms with Crippen LogP contribution in [0.1, 0.15) is 155 Å². The molecule has 0 saturated carbocycles. The van der Waals surface area contributed by atoms with Crippen molar-refractivity contribution in [2.75, 3.05) is 0 Å². The van der Waals surface area contributed by atoms with Crippen molar-refractivity contribution in [2.45, 2.75) is 157 Å². The topological polar surface area (TPSA) is 159 Å². The fourth-order valence-corrected chi connectivity index (χ4v) is 5.94. The molecule has 0 spiro atoms. The Morgan fingerprint density at radius 3 is 1.44 bits per heavy atom. The van der Waals surface area contributed by atoms with Gasteiger partial charge in [0, 0.05) is 11.1 Å². The maximum Gasteiger partial charge on any atom is 0.373 e. The lowest BCUT2D eigenvalue weighted by Crippen LogP contribution is -2.51. The smallest absolute Gasteiger partial charge is 0.297 e. The molecular weight excluding hydrogens is 700 g/mol. The third-order valence-corrected chi connectivity index (χ3v) is 8.70. The zero-order chi connectivity index (χ0) is 41.0. The van der Waals surface area contributed by atoms with Crippen molar-refractivity contribution < 1.29 is 63.1 Å². The van der Waals surface area contributed by atoms with E-state index in [0.29, 0.717) is 44.9 Å². The van der Waals surface area contributed by atoms with E-state index in [1.54, 1.807) is 55.4 Å². The Morgan fingerprint density at radius 2 is 1.00 bits per heavy atom. The van der Waals surface area contributed by atoms with Gasteiger partial charge in [-0.2, -0.15) is 19.6 Å². The second kappa shape index (κ2) is 19.6. The second-order valence-electron chi connectivity index (χ2n) is 16.1. The SMILES string of the molecule is CCCC(C)(C)OOC(=O)c1cccc(C(=O)C2=CC(C(=O)OOC(C)(C)CCC)C(C(=O)OOC(C)(C)CCC)(C(=O)OOC(C)(C)CCC)C=C2)c1. The molecule has 0 aliphatic heterocycles. The van der Waals surface area contributed by atoms with Gasteiger partial charge in [0.25, 0.3) is 0 Å². The van der Waals surface area contributed by atoms with Crippen molar-refractivity contribution >= 4 is 29.7 Å². The second-order valence-corrected chi connectivity index (χ2v) is 16.1. The number of Topliss-reactive ketones (excluding diaryl/α,β-unsaturated/α-hetero) is 1. The molecule has 1 aliphatic carbocycles. The van der Waals surface area contributed by atoms with E-state index in [9.17, 15) is 24.0 Å². The van der Waals surface area contributed by atoms with Crippen molar-refractivity contribution in [2.24, 2.45) is 11.3 Å². The quantitative estimate of drug-likeness (QED) is 0.0478. The van der Waals surface area contributed by atoms with Crippen LogP contribution in [0, 0.1) is 11.3 Å². The first-order valence-electron chi connectivity index (χ1n) is 18.7. The number of hydrogen-bond donors (Lipinski definition) is 0. The average Bonchev–Trinajstić information content (AvgIpc) is 3.10. The minimum atomic E-state index is -2.60. The molecule has 2 rings (SSSR count). The van der Waals surface area contributed by atoms with Crippen LogP contribution in [0.4, 0.5) is 0 Å². The summed E-state index contributed by atoms with van der Waals surface area (Å²) in [6.07, 6.45) is 8.31. The maximum absolute atomic E-state index is 14.1. The van der Waals surface area contributed by atoms with Crippen LogP contribution in [0.15, 0.2) is 48.1 Å². The van der Waals surface area contributed by atoms with Gasteiger partial charge >= 0.3 is 23.9 Å². The highest BCUT2D eigenvalue weighted by molar-refractivity contribution is 6.14. The third kappa shape index (κ3) is 13.1. The number of rotatable bonds is 22. The minimum Gasteiger partial charge on any atom is -0.297 e. The van der Waals surface area contributed by atoms with Crippen LogP contribution in [-0.2, 0) is 53.5 Å². The Balaban J connectivity index is 2.65. The summed E-state index contributed by atoms with van der Waals surface area (Å²) < 4.78 is 0. The molecule has 0 radical (unpaired) electrons. The van der Waals surface area contributed by atoms with Gasteiger partial charge in [-0.15, -0.1) is 0 Å². The molecule has 1 atom stereocenters. The van der Waals surface area contributed by atoms with Crippen LogP contribution in [0.2, 0.25) is 0 Å². The van der Waals surface area contributed by atoms with E-state index < -0.39 is 63.4 Å². The van der Waals surface area contributed by atoms with Crippen molar-refractivity contribution in [3.05, 3.63) is 59.2 Å². The van der Waals surface area contributed by atoms with Gasteiger partial charge in [-0.3, -0.25) is 24.3 Å². The maximum atomic E-state index is 14.1. The van der Waals surface area contributed by atoms with Crippen LogP contribution >= 0.6 is 0 Å². The molecule has 54 heavy (non-hydrogen) atoms. The van der Waals surface area contributed by atoms with Crippen molar-refractivity contribution in [3.8, 4) is 0 Å². The minimum absolute atomic E-state index is 0.0243. The Labute approximate surface area is 319 Å². The first-order chi connectivity index (χ1) is 25.1. The first-order valence-corrected chi connectivity index (χ1v) is 18.7. The summed E-state index contributed by atoms with van der Waals surface area (Å²) in [7, 11) is 0. The Morgan fingerprint density at radius 1 is 0.593 bits per heavy atom. The number of ketones is 1. The Hall–Kier alpha value is -3.91. The predicted octanol–water partition coefficient (Wildman–Crippen LogP) is 8.80. The fraction of sp³-hybridized carbons (Fsp3) is 0.634. The van der Waals surface area contributed by atoms with Crippen molar-refractivity contribution in [1.29, 1.82) is 0 Å². The van der Waals surface area contributed by atoms with Crippen molar-refractivity contribution in [3.63, 3.8) is 0 Å². The number of carbonyl (C=O) groups excluding carboxylic acids is 5. The van der Waals surface area contributed by atoms with Gasteiger partial charge in [0.1, 0.15) is 28.3 Å². The molecule has 1 aromatic rings. The molecule has 0 saturated heterocycles. The summed E-state index contributed by atoms with van der Waals surface area (Å²) in [4.78, 5) is 112. The zero-order valence-electron chi connectivity index (χ0n) is 34.1. The molecular formula is C41H60O13. The lowest BCUT2D eigenvalue weighted by Gasteiger charge is -2.34. The van der Waals surface area contributed by atoms with Gasteiger partial charge in [0.2, 0.25) is 5.41 Å². The predicted molar refractivity (Wildman–Crippen MR) is 198 cm³/mol. The van der Waals surface area contributed by atoms with Crippen LogP contribution in [0.3, 0.4) is 0 Å². The van der Waals surface area contributed by atoms with Gasteiger partial charge in [-0.05, 0) is 93.2 Å². The summed E-state index contributed by atoms with van der Waals surface area (Å²) in [6.45, 7) is 21.5. The molecule has 0 bridgehead atoms. The highest BCUT2D eigenvalue weighted by Gasteiger charge is 2.60. The highest BCUT2D eigenvalue weighted by Crippen LogP contribution is 2.41. The highest BCUT2D eigenvalue weighted by atomic mass is 17.2. The lowest BCUT2D eigenvalue weighted by molar-refractivity contribution is -0.347. The normalized spacial score (nSPS) is 15.9. The standard InChI is InChI=1S/C41H60O13/c1-13-21-37(5,6)51-47-33(43)30-19-17-18-28(26-30)32(42)29-20-25-41(35(45)49-53-39(9,10)23-15-3,36(46)50-54-40(11,12)24-16-4)31(27-29)34(44)48-52-38(7,8)22-14-2/h17-20,25-27,31H,13-16,21-24H2,1-12H3. The van der Waals surface area contributed by atoms with Gasteiger partial charge in [-0.1, -0.05) is 83.7 Å². The zero-order valence-corrected chi connectivity index (χ0v) is 34.1. The molecule has 302 valence electrons. The van der Waals surface area contributed by atoms with Gasteiger partial charge in [0.15, 0.2) is 5.78 Å². The largest absolute Gasteiger partial charge is 0.373 e. The van der Waals surface area contributed by atoms with Gasteiger partial charge in [0.05, 0.1) is 5.56 Å². The van der Waals surface area contributed by atoms with Crippen LogP contribution in [0.25, 0.3) is 0 Å². The molecule has 0 N–H and O–H groups in total. The van der Waals surface area contributed by atoms with E-state index in [1.807, 2.05) is 27.7 Å². The Bertz CT molecular complexity index is 1500. The monoisotopic (exact) mass is 760 g/mol. The third-order valence-electron chi connectivity index (χ3n) is 8.70. The molecule has 1 unspecified atom stereocenters. The summed E-state index contributed by atoms with van der Waals surface area (Å²) in [5.41, 5.74) is -6.25. The molecule has 1 aliphatic rings. The van der Waals surface area contributed by atoms with E-state index in [0.717, 1.165) is 18.6 Å². The summed E-state index contributed by atoms with van der Waals surface area (Å²) in [5, 5.41) is 0. The summed E-state index contributed by atoms with van der Waals surface area (Å²) in [6, 6.07) is 5.69.